The summed E-state index contributed by atoms with van der Waals surface area (Å²) in [6.07, 6.45) is 0. The maximum atomic E-state index is 13.4. The average Bonchev–Trinajstić information content (AvgIpc) is 3.43. The van der Waals surface area contributed by atoms with Gasteiger partial charge < -0.3 is 14.8 Å². The van der Waals surface area contributed by atoms with Gasteiger partial charge in [-0.15, -0.1) is 11.3 Å². The van der Waals surface area contributed by atoms with Crippen molar-refractivity contribution >= 4 is 29.0 Å². The van der Waals surface area contributed by atoms with Crippen molar-refractivity contribution in [1.82, 2.24) is 20.2 Å². The smallest absolute Gasteiger partial charge is 0.355 e. The lowest BCUT2D eigenvalue weighted by Gasteiger charge is -2.28. The molecule has 1 N–H and O–H groups in total. The highest BCUT2D eigenvalue weighted by atomic mass is 32.1. The van der Waals surface area contributed by atoms with Crippen molar-refractivity contribution in [3.63, 3.8) is 0 Å². The monoisotopic (exact) mass is 397 g/mol. The number of benzene rings is 1. The molecule has 0 bridgehead atoms. The number of rotatable bonds is 5. The highest BCUT2D eigenvalue weighted by molar-refractivity contribution is 7.12. The zero-order valence-electron chi connectivity index (χ0n) is 14.9. The topological polar surface area (TPSA) is 108 Å². The van der Waals surface area contributed by atoms with Gasteiger partial charge in [-0.05, 0) is 39.6 Å². The number of anilines is 1. The summed E-state index contributed by atoms with van der Waals surface area (Å²) in [5.41, 5.74) is 0.897. The Morgan fingerprint density at radius 2 is 2.07 bits per heavy atom. The fraction of sp³-hybridized carbons (Fsp3) is 0.167. The molecule has 0 saturated heterocycles. The predicted molar refractivity (Wildman–Crippen MR) is 100 cm³/mol. The number of carbonyl (C=O) groups is 2. The second-order valence-electron chi connectivity index (χ2n) is 5.84. The summed E-state index contributed by atoms with van der Waals surface area (Å²) >= 11 is 1.29. The first-order valence-corrected chi connectivity index (χ1v) is 9.11. The number of aromatic nitrogens is 4. The summed E-state index contributed by atoms with van der Waals surface area (Å²) in [6, 6.07) is 9.92. The van der Waals surface area contributed by atoms with Gasteiger partial charge in [-0.2, -0.15) is 4.68 Å². The first kappa shape index (κ1) is 17.9. The van der Waals surface area contributed by atoms with Crippen LogP contribution in [0.25, 0.3) is 0 Å². The Morgan fingerprint density at radius 3 is 2.79 bits per heavy atom. The number of nitrogens with one attached hydrogen (secondary N) is 1. The Kier molecular flexibility index (Phi) is 4.62. The highest BCUT2D eigenvalue weighted by Gasteiger charge is 2.38. The van der Waals surface area contributed by atoms with Gasteiger partial charge in [0.2, 0.25) is 11.7 Å². The number of ketones is 1. The van der Waals surface area contributed by atoms with Crippen molar-refractivity contribution in [3.8, 4) is 5.75 Å². The zero-order chi connectivity index (χ0) is 19.7. The molecule has 0 spiro atoms. The normalized spacial score (nSPS) is 15.6. The molecule has 1 unspecified atom stereocenters. The molecule has 0 amide bonds. The molecule has 3 heterocycles. The third-order valence-corrected chi connectivity index (χ3v) is 5.17. The highest BCUT2D eigenvalue weighted by Crippen LogP contribution is 2.38. The van der Waals surface area contributed by atoms with Crippen LogP contribution in [-0.4, -0.2) is 46.2 Å². The number of carbonyl (C=O) groups excluding carboxylic acids is 2. The Balaban J connectivity index is 1.96. The Bertz CT molecular complexity index is 1070. The number of hydrogen-bond donors (Lipinski definition) is 1. The Morgan fingerprint density at radius 1 is 1.21 bits per heavy atom. The second-order valence-corrected chi connectivity index (χ2v) is 6.79. The van der Waals surface area contributed by atoms with E-state index in [1.54, 1.807) is 42.8 Å². The van der Waals surface area contributed by atoms with Crippen molar-refractivity contribution in [2.45, 2.75) is 6.04 Å². The van der Waals surface area contributed by atoms with Crippen LogP contribution in [0.2, 0.25) is 0 Å². The van der Waals surface area contributed by atoms with Crippen molar-refractivity contribution in [2.24, 2.45) is 0 Å². The number of thiophene rings is 1. The van der Waals surface area contributed by atoms with Crippen LogP contribution in [0.15, 0.2) is 53.0 Å². The van der Waals surface area contributed by atoms with Crippen LogP contribution < -0.4 is 10.1 Å². The summed E-state index contributed by atoms with van der Waals surface area (Å²) in [4.78, 5) is 26.3. The third-order valence-electron chi connectivity index (χ3n) is 4.31. The molecule has 1 atom stereocenters. The minimum Gasteiger partial charge on any atom is -0.497 e. The number of methoxy groups -OCH3 is 2. The number of Topliss-reactive ketones (excluding diaryl/α,β-unsaturated/α-hetero) is 1. The van der Waals surface area contributed by atoms with Gasteiger partial charge in [-0.3, -0.25) is 4.79 Å². The summed E-state index contributed by atoms with van der Waals surface area (Å²) in [5.74, 6) is -0.150. The summed E-state index contributed by atoms with van der Waals surface area (Å²) < 4.78 is 11.7. The molecule has 1 aliphatic heterocycles. The molecule has 2 aromatic heterocycles. The fourth-order valence-electron chi connectivity index (χ4n) is 3.05. The summed E-state index contributed by atoms with van der Waals surface area (Å²) in [5, 5.41) is 16.2. The van der Waals surface area contributed by atoms with E-state index in [2.05, 4.69) is 20.8 Å². The molecule has 10 heteroatoms. The van der Waals surface area contributed by atoms with E-state index >= 15 is 0 Å². The van der Waals surface area contributed by atoms with Crippen LogP contribution in [0.5, 0.6) is 5.75 Å². The van der Waals surface area contributed by atoms with E-state index in [0.717, 1.165) is 0 Å². The van der Waals surface area contributed by atoms with Crippen molar-refractivity contribution in [1.29, 1.82) is 0 Å². The third kappa shape index (κ3) is 2.93. The molecular formula is C18H15N5O4S. The van der Waals surface area contributed by atoms with Crippen molar-refractivity contribution in [2.75, 3.05) is 19.5 Å². The molecule has 0 aliphatic carbocycles. The van der Waals surface area contributed by atoms with Crippen LogP contribution >= 0.6 is 11.3 Å². The van der Waals surface area contributed by atoms with E-state index in [4.69, 9.17) is 9.47 Å². The van der Waals surface area contributed by atoms with E-state index in [0.29, 0.717) is 16.2 Å². The lowest BCUT2D eigenvalue weighted by Crippen LogP contribution is -2.32. The van der Waals surface area contributed by atoms with E-state index in [-0.39, 0.29) is 23.0 Å². The first-order chi connectivity index (χ1) is 13.6. The minimum atomic E-state index is -0.731. The van der Waals surface area contributed by atoms with E-state index < -0.39 is 12.0 Å². The molecule has 0 fully saturated rings. The number of tetrazole rings is 1. The standard InChI is InChI=1S/C18H15N5O4S/c1-26-11-6-3-5-10(9-11)15-13(16(24)12-7-4-8-28-12)14(17(25)27-2)19-18-20-21-22-23(15)18/h3-9,15H,1-2H3,(H,19,20,22). The second kappa shape index (κ2) is 7.24. The van der Waals surface area contributed by atoms with Gasteiger partial charge in [-0.1, -0.05) is 23.3 Å². The van der Waals surface area contributed by atoms with Gasteiger partial charge >= 0.3 is 5.97 Å². The molecule has 0 saturated carbocycles. The molecule has 142 valence electrons. The number of fused-ring (bicyclic) bond motifs is 1. The molecule has 0 radical (unpaired) electrons. The van der Waals surface area contributed by atoms with Gasteiger partial charge in [0.1, 0.15) is 17.5 Å². The largest absolute Gasteiger partial charge is 0.497 e. The van der Waals surface area contributed by atoms with Crippen LogP contribution in [0.4, 0.5) is 5.95 Å². The average molecular weight is 397 g/mol. The SMILES string of the molecule is COC(=O)C1=C(C(=O)c2cccs2)C(c2cccc(OC)c2)n2nnnc2N1. The van der Waals surface area contributed by atoms with Crippen molar-refractivity contribution < 1.29 is 19.1 Å². The predicted octanol–water partition coefficient (Wildman–Crippen LogP) is 2.07. The fourth-order valence-corrected chi connectivity index (χ4v) is 3.73. The van der Waals surface area contributed by atoms with Gasteiger partial charge in [0.05, 0.1) is 24.7 Å². The molecular weight excluding hydrogens is 382 g/mol. The quantitative estimate of drug-likeness (QED) is 0.515. The molecule has 4 rings (SSSR count). The lowest BCUT2D eigenvalue weighted by atomic mass is 9.91. The molecule has 3 aromatic rings. The van der Waals surface area contributed by atoms with Gasteiger partial charge in [-0.25, -0.2) is 4.79 Å². The Hall–Kier alpha value is -3.53. The van der Waals surface area contributed by atoms with E-state index in [9.17, 15) is 9.59 Å². The molecule has 1 aliphatic rings. The molecule has 1 aromatic carbocycles. The maximum Gasteiger partial charge on any atom is 0.355 e. The number of allylic oxidation sites excluding steroid dienone is 1. The van der Waals surface area contributed by atoms with Crippen molar-refractivity contribution in [3.05, 3.63) is 63.5 Å². The minimum absolute atomic E-state index is 0.0102. The summed E-state index contributed by atoms with van der Waals surface area (Å²) in [6.45, 7) is 0. The Labute approximate surface area is 163 Å². The van der Waals surface area contributed by atoms with Crippen LogP contribution in [0.1, 0.15) is 21.3 Å². The summed E-state index contributed by atoms with van der Waals surface area (Å²) in [7, 11) is 2.81. The lowest BCUT2D eigenvalue weighted by molar-refractivity contribution is -0.136. The number of hydrogen-bond acceptors (Lipinski definition) is 9. The number of nitrogens with zero attached hydrogens (tertiary/aromatic N) is 4. The van der Waals surface area contributed by atoms with Gasteiger partial charge in [0, 0.05) is 0 Å². The van der Waals surface area contributed by atoms with Crippen LogP contribution in [0.3, 0.4) is 0 Å². The van der Waals surface area contributed by atoms with Crippen LogP contribution in [-0.2, 0) is 9.53 Å². The van der Waals surface area contributed by atoms with Gasteiger partial charge in [0.15, 0.2) is 0 Å². The zero-order valence-corrected chi connectivity index (χ0v) is 15.8. The van der Waals surface area contributed by atoms with Gasteiger partial charge in [0.25, 0.3) is 0 Å². The molecule has 9 nitrogen and oxygen atoms in total. The number of esters is 1. The maximum absolute atomic E-state index is 13.4. The van der Waals surface area contributed by atoms with Crippen LogP contribution in [0, 0.1) is 0 Å². The number of ether oxygens (including phenoxy) is 2. The first-order valence-electron chi connectivity index (χ1n) is 8.23. The van der Waals surface area contributed by atoms with E-state index in [1.807, 2.05) is 6.07 Å². The van der Waals surface area contributed by atoms with E-state index in [1.165, 1.54) is 23.1 Å². The molecule has 28 heavy (non-hydrogen) atoms.